The highest BCUT2D eigenvalue weighted by Crippen LogP contribution is 2.23. The van der Waals surface area contributed by atoms with Crippen LogP contribution < -0.4 is 4.74 Å². The van der Waals surface area contributed by atoms with E-state index in [2.05, 4.69) is 4.99 Å². The minimum Gasteiger partial charge on any atom is -0.496 e. The van der Waals surface area contributed by atoms with Crippen LogP contribution in [0.2, 0.25) is 0 Å². The second-order valence-electron chi connectivity index (χ2n) is 2.85. The maximum Gasteiger partial charge on any atom is 0.223 e. The number of rotatable bonds is 2. The van der Waals surface area contributed by atoms with E-state index < -0.39 is 0 Å². The van der Waals surface area contributed by atoms with Crippen molar-refractivity contribution in [2.75, 3.05) is 20.3 Å². The minimum absolute atomic E-state index is 0.313. The van der Waals surface area contributed by atoms with Gasteiger partial charge in [0.15, 0.2) is 0 Å². The van der Waals surface area contributed by atoms with E-state index in [0.29, 0.717) is 30.4 Å². The van der Waals surface area contributed by atoms with E-state index in [1.165, 1.54) is 13.2 Å². The molecule has 1 aromatic carbocycles. The van der Waals surface area contributed by atoms with Gasteiger partial charge in [-0.25, -0.2) is 9.38 Å². The van der Waals surface area contributed by atoms with E-state index in [4.69, 9.17) is 9.47 Å². The maximum atomic E-state index is 13.4. The largest absolute Gasteiger partial charge is 0.496 e. The zero-order valence-corrected chi connectivity index (χ0v) is 7.79. The van der Waals surface area contributed by atoms with Crippen LogP contribution in [0.25, 0.3) is 0 Å². The number of methoxy groups -OCH3 is 1. The first-order chi connectivity index (χ1) is 6.83. The summed E-state index contributed by atoms with van der Waals surface area (Å²) in [5.41, 5.74) is 0.313. The van der Waals surface area contributed by atoms with Gasteiger partial charge in [0.05, 0.1) is 13.7 Å². The quantitative estimate of drug-likeness (QED) is 0.717. The van der Waals surface area contributed by atoms with Crippen molar-refractivity contribution in [2.24, 2.45) is 4.99 Å². The summed E-state index contributed by atoms with van der Waals surface area (Å²) in [6.07, 6.45) is 0. The predicted molar refractivity (Wildman–Crippen MR) is 50.3 cm³/mol. The van der Waals surface area contributed by atoms with Crippen molar-refractivity contribution in [1.29, 1.82) is 0 Å². The first kappa shape index (κ1) is 8.99. The monoisotopic (exact) mass is 195 g/mol. The minimum atomic E-state index is -0.370. The molecular weight excluding hydrogens is 185 g/mol. The van der Waals surface area contributed by atoms with E-state index in [9.17, 15) is 4.39 Å². The third-order valence-corrected chi connectivity index (χ3v) is 1.99. The molecule has 1 aromatic rings. The molecule has 0 radical (unpaired) electrons. The highest BCUT2D eigenvalue weighted by Gasteiger charge is 2.19. The first-order valence-corrected chi connectivity index (χ1v) is 4.33. The van der Waals surface area contributed by atoms with Crippen LogP contribution in [0.4, 0.5) is 4.39 Å². The van der Waals surface area contributed by atoms with Crippen LogP contribution in [0.15, 0.2) is 23.2 Å². The smallest absolute Gasteiger partial charge is 0.223 e. The Bertz CT molecular complexity index is 376. The fourth-order valence-electron chi connectivity index (χ4n) is 1.37. The summed E-state index contributed by atoms with van der Waals surface area (Å²) in [5.74, 6) is 0.413. The van der Waals surface area contributed by atoms with Gasteiger partial charge in [-0.2, -0.15) is 0 Å². The van der Waals surface area contributed by atoms with E-state index in [1.807, 2.05) is 0 Å². The summed E-state index contributed by atoms with van der Waals surface area (Å²) in [4.78, 5) is 4.05. The molecular formula is C10H10FNO2. The number of hydrogen-bond acceptors (Lipinski definition) is 3. The molecule has 0 saturated heterocycles. The maximum absolute atomic E-state index is 13.4. The van der Waals surface area contributed by atoms with Crippen LogP contribution >= 0.6 is 0 Å². The molecule has 0 atom stereocenters. The predicted octanol–water partition coefficient (Wildman–Crippen LogP) is 1.61. The first-order valence-electron chi connectivity index (χ1n) is 4.33. The summed E-state index contributed by atoms with van der Waals surface area (Å²) < 4.78 is 23.7. The number of ether oxygens (including phenoxy) is 2. The number of hydrogen-bond donors (Lipinski definition) is 0. The Hall–Kier alpha value is -1.58. The van der Waals surface area contributed by atoms with Crippen molar-refractivity contribution in [3.05, 3.63) is 29.6 Å². The lowest BCUT2D eigenvalue weighted by Crippen LogP contribution is -2.06. The molecule has 0 unspecified atom stereocenters. The van der Waals surface area contributed by atoms with Gasteiger partial charge in [0.25, 0.3) is 0 Å². The van der Waals surface area contributed by atoms with E-state index in [-0.39, 0.29) is 5.82 Å². The molecule has 2 rings (SSSR count). The molecule has 1 aliphatic rings. The van der Waals surface area contributed by atoms with Gasteiger partial charge in [-0.15, -0.1) is 0 Å². The summed E-state index contributed by atoms with van der Waals surface area (Å²) >= 11 is 0. The fourth-order valence-corrected chi connectivity index (χ4v) is 1.37. The van der Waals surface area contributed by atoms with Crippen molar-refractivity contribution >= 4 is 5.90 Å². The van der Waals surface area contributed by atoms with Crippen molar-refractivity contribution in [3.8, 4) is 5.75 Å². The average molecular weight is 195 g/mol. The topological polar surface area (TPSA) is 30.8 Å². The van der Waals surface area contributed by atoms with Crippen molar-refractivity contribution < 1.29 is 13.9 Å². The lowest BCUT2D eigenvalue weighted by molar-refractivity contribution is 0.343. The van der Waals surface area contributed by atoms with Crippen molar-refractivity contribution in [2.45, 2.75) is 0 Å². The summed E-state index contributed by atoms with van der Waals surface area (Å²) in [7, 11) is 1.49. The molecule has 4 heteroatoms. The third-order valence-electron chi connectivity index (χ3n) is 1.99. The molecule has 0 fully saturated rings. The lowest BCUT2D eigenvalue weighted by atomic mass is 10.2. The zero-order chi connectivity index (χ0) is 9.97. The number of benzene rings is 1. The number of halogens is 1. The van der Waals surface area contributed by atoms with Gasteiger partial charge in [-0.3, -0.25) is 0 Å². The standard InChI is InChI=1S/C10H10FNO2/c1-13-8-4-2-3-7(11)9(8)10-12-5-6-14-10/h2-4H,5-6H2,1H3. The molecule has 0 aliphatic carbocycles. The lowest BCUT2D eigenvalue weighted by Gasteiger charge is -2.08. The Labute approximate surface area is 81.2 Å². The number of aliphatic imine (C=N–C) groups is 1. The Morgan fingerprint density at radius 3 is 3.00 bits per heavy atom. The number of nitrogens with zero attached hydrogens (tertiary/aromatic N) is 1. The molecule has 0 bridgehead atoms. The van der Waals surface area contributed by atoms with Gasteiger partial charge in [0.2, 0.25) is 5.90 Å². The van der Waals surface area contributed by atoms with Crippen LogP contribution in [-0.4, -0.2) is 26.2 Å². The normalized spacial score (nSPS) is 14.9. The van der Waals surface area contributed by atoms with Gasteiger partial charge >= 0.3 is 0 Å². The second kappa shape index (κ2) is 3.65. The molecule has 3 nitrogen and oxygen atoms in total. The van der Waals surface area contributed by atoms with Gasteiger partial charge in [0, 0.05) is 0 Å². The van der Waals surface area contributed by atoms with Crippen LogP contribution in [0.3, 0.4) is 0 Å². The Morgan fingerprint density at radius 2 is 2.36 bits per heavy atom. The SMILES string of the molecule is COc1cccc(F)c1C1=NCCO1. The Balaban J connectivity index is 2.48. The Morgan fingerprint density at radius 1 is 1.50 bits per heavy atom. The molecule has 14 heavy (non-hydrogen) atoms. The van der Waals surface area contributed by atoms with Gasteiger partial charge in [-0.05, 0) is 12.1 Å². The fraction of sp³-hybridized carbons (Fsp3) is 0.300. The Kier molecular flexibility index (Phi) is 2.35. The molecule has 0 N–H and O–H groups in total. The summed E-state index contributed by atoms with van der Waals surface area (Å²) in [5, 5.41) is 0. The van der Waals surface area contributed by atoms with Crippen LogP contribution in [0.1, 0.15) is 5.56 Å². The van der Waals surface area contributed by atoms with Crippen molar-refractivity contribution in [3.63, 3.8) is 0 Å². The molecule has 0 saturated carbocycles. The second-order valence-corrected chi connectivity index (χ2v) is 2.85. The van der Waals surface area contributed by atoms with Crippen molar-refractivity contribution in [1.82, 2.24) is 0 Å². The van der Waals surface area contributed by atoms with Crippen LogP contribution in [0, 0.1) is 5.82 Å². The molecule has 1 aliphatic heterocycles. The third kappa shape index (κ3) is 1.43. The molecule has 1 heterocycles. The van der Waals surface area contributed by atoms with Crippen LogP contribution in [-0.2, 0) is 4.74 Å². The molecule has 74 valence electrons. The summed E-state index contributed by atoms with van der Waals surface area (Å²) in [6.45, 7) is 1.08. The van der Waals surface area contributed by atoms with E-state index in [0.717, 1.165) is 0 Å². The molecule has 0 amide bonds. The van der Waals surface area contributed by atoms with Gasteiger partial charge in [-0.1, -0.05) is 6.07 Å². The van der Waals surface area contributed by atoms with Gasteiger partial charge in [0.1, 0.15) is 23.7 Å². The molecule has 0 spiro atoms. The average Bonchev–Trinajstić information content (AvgIpc) is 2.70. The highest BCUT2D eigenvalue weighted by molar-refractivity contribution is 5.97. The van der Waals surface area contributed by atoms with E-state index >= 15 is 0 Å². The highest BCUT2D eigenvalue weighted by atomic mass is 19.1. The summed E-state index contributed by atoms with van der Waals surface area (Å²) in [6, 6.07) is 4.64. The van der Waals surface area contributed by atoms with E-state index in [1.54, 1.807) is 12.1 Å². The van der Waals surface area contributed by atoms with Gasteiger partial charge < -0.3 is 9.47 Å². The zero-order valence-electron chi connectivity index (χ0n) is 7.79. The van der Waals surface area contributed by atoms with Crippen LogP contribution in [0.5, 0.6) is 5.75 Å². The molecule has 0 aromatic heterocycles.